The molecule has 0 aromatic rings. The monoisotopic (exact) mass is 489 g/mol. The number of rotatable bonds is 17. The molecular formula is C24H43FO5PSi+. The minimum absolute atomic E-state index is 0.0676. The minimum Gasteiger partial charge on any atom is -0.466 e. The molecule has 0 aromatic heterocycles. The second-order valence-electron chi connectivity index (χ2n) is 8.82. The Kier molecular flexibility index (Phi) is 15.5. The van der Waals surface area contributed by atoms with Gasteiger partial charge in [0.1, 0.15) is 18.1 Å². The van der Waals surface area contributed by atoms with E-state index in [1.807, 2.05) is 25.2 Å². The van der Waals surface area contributed by atoms with Crippen molar-refractivity contribution in [3.8, 4) is 0 Å². The van der Waals surface area contributed by atoms with Crippen molar-refractivity contribution in [3.05, 3.63) is 12.2 Å². The number of halogens is 1. The first-order valence-electron chi connectivity index (χ1n) is 12.1. The van der Waals surface area contributed by atoms with Crippen molar-refractivity contribution in [2.75, 3.05) is 6.61 Å². The number of ether oxygens (including phenoxy) is 1. The standard InChI is InChI=1S/C24H43FO5PSi/c1-5-7-13-20(25)22(30-32(3)4)16-15-19-18(21(26)17-23(19)29-31)12-10-8-9-11-14-24(27)28-6-2/h8,10,18-20,22-23H,5-7,9,11-17,31H2,1-4H3/q+1/b10-8-. The Morgan fingerprint density at radius 1 is 1.25 bits per heavy atom. The minimum atomic E-state index is -1.01. The molecule has 0 amide bonds. The molecule has 0 aromatic carbocycles. The number of esters is 1. The summed E-state index contributed by atoms with van der Waals surface area (Å²) in [5.41, 5.74) is 0. The lowest BCUT2D eigenvalue weighted by Gasteiger charge is -2.25. The SMILES string of the molecule is CCCCC(F)C(CCC1C(OP)CC(=O)C1C/C=C\CCCC(=O)OCC)O[Si+](C)C. The number of carbonyl (C=O) groups is 2. The lowest BCUT2D eigenvalue weighted by molar-refractivity contribution is -0.143. The van der Waals surface area contributed by atoms with Crippen molar-refractivity contribution in [2.45, 2.75) is 110 Å². The van der Waals surface area contributed by atoms with Crippen LogP contribution in [0.25, 0.3) is 0 Å². The largest absolute Gasteiger partial charge is 0.467 e. The molecule has 6 unspecified atom stereocenters. The molecule has 0 aliphatic heterocycles. The third-order valence-corrected chi connectivity index (χ3v) is 7.13. The lowest BCUT2D eigenvalue weighted by Crippen LogP contribution is -2.32. The van der Waals surface area contributed by atoms with Crippen molar-refractivity contribution >= 4 is 30.3 Å². The summed E-state index contributed by atoms with van der Waals surface area (Å²) in [7, 11) is 1.29. The van der Waals surface area contributed by atoms with E-state index in [0.29, 0.717) is 38.7 Å². The maximum Gasteiger partial charge on any atom is 0.467 e. The average Bonchev–Trinajstić information content (AvgIpc) is 3.06. The normalized spacial score (nSPS) is 22.9. The average molecular weight is 490 g/mol. The van der Waals surface area contributed by atoms with E-state index < -0.39 is 21.3 Å². The van der Waals surface area contributed by atoms with E-state index in [1.165, 1.54) is 0 Å². The molecule has 6 atom stereocenters. The number of unbranched alkanes of at least 4 members (excludes halogenated alkanes) is 2. The van der Waals surface area contributed by atoms with E-state index in [0.717, 1.165) is 32.1 Å². The molecule has 1 aliphatic rings. The fourth-order valence-corrected chi connectivity index (χ4v) is 5.53. The molecular weight excluding hydrogens is 446 g/mol. The van der Waals surface area contributed by atoms with Gasteiger partial charge >= 0.3 is 15.0 Å². The van der Waals surface area contributed by atoms with Crippen LogP contribution < -0.4 is 0 Å². The first kappa shape index (κ1) is 29.4. The number of alkyl halides is 1. The van der Waals surface area contributed by atoms with Crippen LogP contribution in [-0.2, 0) is 23.3 Å². The molecule has 32 heavy (non-hydrogen) atoms. The van der Waals surface area contributed by atoms with Crippen molar-refractivity contribution in [2.24, 2.45) is 11.8 Å². The van der Waals surface area contributed by atoms with E-state index in [-0.39, 0.29) is 29.7 Å². The van der Waals surface area contributed by atoms with Crippen LogP contribution in [0.15, 0.2) is 12.2 Å². The van der Waals surface area contributed by atoms with E-state index in [1.54, 1.807) is 6.92 Å². The summed E-state index contributed by atoms with van der Waals surface area (Å²) < 4.78 is 31.3. The fraction of sp³-hybridized carbons (Fsp3) is 0.833. The molecule has 184 valence electrons. The highest BCUT2D eigenvalue weighted by atomic mass is 31.0. The van der Waals surface area contributed by atoms with Crippen molar-refractivity contribution in [3.63, 3.8) is 0 Å². The highest BCUT2D eigenvalue weighted by molar-refractivity contribution is 7.09. The zero-order valence-corrected chi connectivity index (χ0v) is 22.5. The van der Waals surface area contributed by atoms with Crippen LogP contribution in [-0.4, -0.2) is 45.8 Å². The van der Waals surface area contributed by atoms with Gasteiger partial charge in [0.15, 0.2) is 0 Å². The topological polar surface area (TPSA) is 61.8 Å². The Bertz CT molecular complexity index is 575. The van der Waals surface area contributed by atoms with E-state index in [4.69, 9.17) is 13.7 Å². The first-order valence-corrected chi connectivity index (χ1v) is 15.0. The zero-order valence-electron chi connectivity index (χ0n) is 20.3. The summed E-state index contributed by atoms with van der Waals surface area (Å²) in [6.45, 7) is 8.35. The van der Waals surface area contributed by atoms with Gasteiger partial charge in [0.05, 0.1) is 25.8 Å². The van der Waals surface area contributed by atoms with Crippen LogP contribution in [0.4, 0.5) is 4.39 Å². The summed E-state index contributed by atoms with van der Waals surface area (Å²) in [5, 5.41) is 0. The molecule has 0 heterocycles. The van der Waals surface area contributed by atoms with Crippen molar-refractivity contribution in [1.82, 2.24) is 0 Å². The molecule has 1 rings (SSSR count). The Labute approximate surface area is 198 Å². The van der Waals surface area contributed by atoms with E-state index >= 15 is 0 Å². The number of allylic oxidation sites excluding steroid dienone is 2. The van der Waals surface area contributed by atoms with E-state index in [2.05, 4.69) is 16.4 Å². The summed E-state index contributed by atoms with van der Waals surface area (Å²) >= 11 is 0. The van der Waals surface area contributed by atoms with Gasteiger partial charge in [0, 0.05) is 28.2 Å². The highest BCUT2D eigenvalue weighted by Crippen LogP contribution is 2.39. The molecule has 0 spiro atoms. The predicted octanol–water partition coefficient (Wildman–Crippen LogP) is 5.99. The molecule has 0 saturated heterocycles. The third-order valence-electron chi connectivity index (χ3n) is 6.01. The van der Waals surface area contributed by atoms with Gasteiger partial charge in [0.25, 0.3) is 0 Å². The molecule has 0 bridgehead atoms. The summed E-state index contributed by atoms with van der Waals surface area (Å²) in [6.07, 6.45) is 9.27. The number of carbonyl (C=O) groups excluding carboxylic acids is 2. The number of Topliss-reactive ketones (excluding diaryl/α,β-unsaturated/α-hetero) is 1. The van der Waals surface area contributed by atoms with Crippen LogP contribution in [0.2, 0.25) is 13.1 Å². The number of hydrogen-bond acceptors (Lipinski definition) is 5. The Hall–Kier alpha value is -0.623. The summed E-state index contributed by atoms with van der Waals surface area (Å²) in [6, 6.07) is 0. The Balaban J connectivity index is 2.63. The molecule has 0 N–H and O–H groups in total. The molecule has 1 aliphatic carbocycles. The van der Waals surface area contributed by atoms with Crippen LogP contribution in [0, 0.1) is 11.8 Å². The Morgan fingerprint density at radius 2 is 2.00 bits per heavy atom. The Morgan fingerprint density at radius 3 is 2.62 bits per heavy atom. The van der Waals surface area contributed by atoms with Gasteiger partial charge < -0.3 is 9.26 Å². The number of ketones is 1. The van der Waals surface area contributed by atoms with Crippen molar-refractivity contribution < 1.29 is 27.7 Å². The molecule has 1 fully saturated rings. The smallest absolute Gasteiger partial charge is 0.466 e. The maximum atomic E-state index is 14.8. The van der Waals surface area contributed by atoms with Gasteiger partial charge in [0.2, 0.25) is 0 Å². The quantitative estimate of drug-likeness (QED) is 0.0825. The molecule has 8 heteroatoms. The van der Waals surface area contributed by atoms with E-state index in [9.17, 15) is 14.0 Å². The zero-order chi connectivity index (χ0) is 23.9. The lowest BCUT2D eigenvalue weighted by atomic mass is 9.86. The summed E-state index contributed by atoms with van der Waals surface area (Å²) in [5.74, 6) is 0.00906. The third kappa shape index (κ3) is 11.0. The van der Waals surface area contributed by atoms with Crippen molar-refractivity contribution in [1.29, 1.82) is 0 Å². The van der Waals surface area contributed by atoms with Gasteiger partial charge in [-0.1, -0.05) is 31.9 Å². The van der Waals surface area contributed by atoms with Crippen LogP contribution in [0.3, 0.4) is 0 Å². The second-order valence-corrected chi connectivity index (χ2v) is 11.1. The first-order chi connectivity index (χ1) is 15.3. The van der Waals surface area contributed by atoms with Crippen LogP contribution in [0.1, 0.15) is 78.1 Å². The van der Waals surface area contributed by atoms with Crippen LogP contribution >= 0.6 is 9.47 Å². The summed E-state index contributed by atoms with van der Waals surface area (Å²) in [4.78, 5) is 24.0. The fourth-order valence-electron chi connectivity index (χ4n) is 4.36. The van der Waals surface area contributed by atoms with Gasteiger partial charge in [-0.15, -0.1) is 0 Å². The number of hydrogen-bond donors (Lipinski definition) is 0. The maximum absolute atomic E-state index is 14.8. The van der Waals surface area contributed by atoms with Gasteiger partial charge in [-0.25, -0.2) is 8.82 Å². The molecule has 5 nitrogen and oxygen atoms in total. The molecule has 1 saturated carbocycles. The van der Waals surface area contributed by atoms with Gasteiger partial charge in [-0.3, -0.25) is 9.59 Å². The molecule has 0 radical (unpaired) electrons. The second kappa shape index (κ2) is 16.9. The highest BCUT2D eigenvalue weighted by Gasteiger charge is 2.42. The predicted molar refractivity (Wildman–Crippen MR) is 131 cm³/mol. The van der Waals surface area contributed by atoms with Gasteiger partial charge in [-0.05, 0) is 51.4 Å². The van der Waals surface area contributed by atoms with Gasteiger partial charge in [-0.2, -0.15) is 0 Å². The van der Waals surface area contributed by atoms with Crippen LogP contribution in [0.5, 0.6) is 0 Å².